The fourth-order valence-corrected chi connectivity index (χ4v) is 2.58. The van der Waals surface area contributed by atoms with Gasteiger partial charge in [0, 0.05) is 34.7 Å². The van der Waals surface area contributed by atoms with Crippen molar-refractivity contribution in [3.63, 3.8) is 0 Å². The minimum absolute atomic E-state index is 0. The van der Waals surface area contributed by atoms with E-state index in [4.69, 9.17) is 20.5 Å². The maximum absolute atomic E-state index is 7.25. The second kappa shape index (κ2) is 56.3. The van der Waals surface area contributed by atoms with Crippen molar-refractivity contribution >= 4 is 44.6 Å². The summed E-state index contributed by atoms with van der Waals surface area (Å²) in [7, 11) is 0. The van der Waals surface area contributed by atoms with E-state index in [9.17, 15) is 0 Å². The molecule has 0 aromatic heterocycles. The second-order valence-corrected chi connectivity index (χ2v) is 6.37. The third kappa shape index (κ3) is 63.5. The third-order valence-corrected chi connectivity index (χ3v) is 3.75. The van der Waals surface area contributed by atoms with Crippen LogP contribution in [0.2, 0.25) is 8.94 Å². The van der Waals surface area contributed by atoms with Crippen LogP contribution in [0.15, 0.2) is 0 Å². The van der Waals surface area contributed by atoms with Crippen molar-refractivity contribution in [1.29, 1.82) is 10.9 Å². The van der Waals surface area contributed by atoms with Gasteiger partial charge in [0.05, 0.1) is 0 Å². The Morgan fingerprint density at radius 1 is 0.538 bits per heavy atom. The van der Waals surface area contributed by atoms with Gasteiger partial charge in [-0.25, -0.2) is 0 Å². The Balaban J connectivity index is -0.0000000470. The van der Waals surface area contributed by atoms with E-state index in [0.717, 1.165) is 0 Å². The molecule has 0 saturated heterocycles. The van der Waals surface area contributed by atoms with Crippen LogP contribution in [0.3, 0.4) is 0 Å². The van der Waals surface area contributed by atoms with Crippen LogP contribution in [0.4, 0.5) is 0 Å². The largest absolute Gasteiger partial charge is 0.0312 e. The van der Waals surface area contributed by atoms with Crippen LogP contribution < -0.4 is 0 Å². The van der Waals surface area contributed by atoms with E-state index in [1.165, 1.54) is 34.6 Å². The molecule has 0 heterocycles. The first-order chi connectivity index (χ1) is 11.8. The molecule has 2 aliphatic rings. The molecule has 0 spiro atoms. The monoisotopic (exact) mass is 668 g/mol. The number of hydrogen-bond acceptors (Lipinski definition) is 2. The standard InChI is InChI=1S/2C5H5.2C4H9Te.2Cr.2NO/c2*1-2-4-5-3-1;2*1-2-3-4-5;;;2*1-2/h2*1-5H;2*2-4H2,1H3;;;;/q;;;;;;2*+1. The summed E-state index contributed by atoms with van der Waals surface area (Å²) in [5.74, 6) is 0. The zero-order chi connectivity index (χ0) is 19.3. The molecule has 12 radical (unpaired) electrons. The van der Waals surface area contributed by atoms with Gasteiger partial charge in [0.15, 0.2) is 0 Å². The summed E-state index contributed by atoms with van der Waals surface area (Å²) in [5, 5.41) is 0. The van der Waals surface area contributed by atoms with E-state index >= 15 is 0 Å². The van der Waals surface area contributed by atoms with E-state index in [0.29, 0.717) is 0 Å². The predicted molar refractivity (Wildman–Crippen MR) is 98.8 cm³/mol. The second-order valence-electron chi connectivity index (χ2n) is 4.04. The molecule has 8 heteroatoms. The first-order valence-corrected chi connectivity index (χ1v) is 11.0. The average molecular weight is 664 g/mol. The Bertz CT molecular complexity index is 177. The predicted octanol–water partition coefficient (Wildman–Crippen LogP) is 4.58. The number of rotatable bonds is 4. The normalized spacial score (nSPS) is 12.6. The molecule has 144 valence electrons. The van der Waals surface area contributed by atoms with Crippen LogP contribution in [0, 0.1) is 75.1 Å². The van der Waals surface area contributed by atoms with Crippen LogP contribution in [-0.4, -0.2) is 44.6 Å². The quantitative estimate of drug-likeness (QED) is 0.326. The van der Waals surface area contributed by atoms with E-state index in [-0.39, 0.29) is 34.7 Å². The smallest absolute Gasteiger partial charge is 0 e. The van der Waals surface area contributed by atoms with Crippen molar-refractivity contribution in [2.75, 3.05) is 0 Å². The summed E-state index contributed by atoms with van der Waals surface area (Å²) in [4.78, 5) is 0. The fourth-order valence-electron chi connectivity index (χ4n) is 0.930. The third-order valence-electron chi connectivity index (χ3n) is 2.11. The summed E-state index contributed by atoms with van der Waals surface area (Å²) in [6, 6.07) is 0. The van der Waals surface area contributed by atoms with Gasteiger partial charge in [-0.3, -0.25) is 0 Å². The van der Waals surface area contributed by atoms with Gasteiger partial charge >= 0.3 is 114 Å². The van der Waals surface area contributed by atoms with E-state index < -0.39 is 0 Å². The Morgan fingerprint density at radius 2 is 0.692 bits per heavy atom. The van der Waals surface area contributed by atoms with Gasteiger partial charge in [0.1, 0.15) is 0 Å². The zero-order valence-corrected chi connectivity index (χ0v) is 22.6. The van der Waals surface area contributed by atoms with E-state index in [2.05, 4.69) is 58.4 Å². The molecule has 0 aromatic carbocycles. The summed E-state index contributed by atoms with van der Waals surface area (Å²) in [6.07, 6.45) is 25.5. The Labute approximate surface area is 210 Å². The Hall–Kier alpha value is 1.98. The molecule has 0 bridgehead atoms. The minimum atomic E-state index is 0. The summed E-state index contributed by atoms with van der Waals surface area (Å²) in [5.41, 5.74) is 11.5. The van der Waals surface area contributed by atoms with Crippen LogP contribution in [0.25, 0.3) is 0 Å². The maximum Gasteiger partial charge on any atom is 0 e. The van der Waals surface area contributed by atoms with Gasteiger partial charge in [0.2, 0.25) is 0 Å². The molecular formula is C18H28Cr2N2O2Te2+2. The van der Waals surface area contributed by atoms with Gasteiger partial charge in [-0.1, -0.05) is 0 Å². The zero-order valence-electron chi connectivity index (χ0n) is 15.4. The summed E-state index contributed by atoms with van der Waals surface area (Å²) >= 11 is 4.31. The van der Waals surface area contributed by atoms with Crippen molar-refractivity contribution in [3.8, 4) is 0 Å². The van der Waals surface area contributed by atoms with Crippen molar-refractivity contribution in [2.24, 2.45) is 0 Å². The SMILES string of the molecule is CCCC[Te].CCCC[Te].N#[O+].N#[O+].[CH]1[CH][CH][CH][CH]1.[CH]1[CH][CH][CH][CH]1.[Cr].[Cr]. The maximum atomic E-state index is 7.25. The molecule has 0 atom stereocenters. The molecule has 0 unspecified atom stereocenters. The molecule has 26 heavy (non-hydrogen) atoms. The van der Waals surface area contributed by atoms with Crippen molar-refractivity contribution in [2.45, 2.75) is 48.5 Å². The number of nitrogens with zero attached hydrogens (tertiary/aromatic N) is 2. The molecule has 0 amide bonds. The first kappa shape index (κ1) is 42.2. The van der Waals surface area contributed by atoms with Crippen LogP contribution >= 0.6 is 0 Å². The van der Waals surface area contributed by atoms with Crippen LogP contribution in [0.1, 0.15) is 39.5 Å². The first-order valence-electron chi connectivity index (χ1n) is 7.69. The Kier molecular flexibility index (Phi) is 91.3. The van der Waals surface area contributed by atoms with E-state index in [1.54, 1.807) is 0 Å². The van der Waals surface area contributed by atoms with Gasteiger partial charge in [-0.15, -0.1) is 0 Å². The van der Waals surface area contributed by atoms with Crippen molar-refractivity contribution < 1.29 is 44.3 Å². The van der Waals surface area contributed by atoms with Crippen LogP contribution in [-0.2, 0) is 44.3 Å². The minimum Gasteiger partial charge on any atom is -0.0312 e. The Morgan fingerprint density at radius 3 is 0.731 bits per heavy atom. The number of hydrogen-bond donors (Lipinski definition) is 0. The van der Waals surface area contributed by atoms with Crippen LogP contribution in [0.5, 0.6) is 0 Å². The van der Waals surface area contributed by atoms with Gasteiger partial charge in [0.25, 0.3) is 0 Å². The van der Waals surface area contributed by atoms with Gasteiger partial charge in [-0.05, 0) is 64.2 Å². The molecule has 2 saturated carbocycles. The topological polar surface area (TPSA) is 87.4 Å². The van der Waals surface area contributed by atoms with Gasteiger partial charge in [-0.2, -0.15) is 0 Å². The fraction of sp³-hybridized carbons (Fsp3) is 0.444. The molecule has 2 aliphatic carbocycles. The molecular weight excluding hydrogens is 635 g/mol. The van der Waals surface area contributed by atoms with E-state index in [1.807, 2.05) is 64.2 Å². The van der Waals surface area contributed by atoms with Crippen molar-refractivity contribution in [1.82, 2.24) is 0 Å². The molecule has 4 nitrogen and oxygen atoms in total. The summed E-state index contributed by atoms with van der Waals surface area (Å²) < 4.78 is 17.2. The number of unbranched alkanes of at least 4 members (excludes halogenated alkanes) is 2. The molecule has 0 N–H and O–H groups in total. The van der Waals surface area contributed by atoms with Crippen molar-refractivity contribution in [3.05, 3.63) is 64.2 Å². The molecule has 2 fully saturated rings. The average Bonchev–Trinajstić information content (AvgIpc) is 3.39. The molecule has 2 rings (SSSR count). The van der Waals surface area contributed by atoms with Gasteiger partial charge < -0.3 is 0 Å². The molecule has 0 aliphatic heterocycles. The molecule has 0 aromatic rings. The summed E-state index contributed by atoms with van der Waals surface area (Å²) in [6.45, 7) is 4.43.